The van der Waals surface area contributed by atoms with Gasteiger partial charge in [0.1, 0.15) is 6.61 Å². The molecule has 2 aliphatic rings. The number of ether oxygens (including phenoxy) is 2. The van der Waals surface area contributed by atoms with E-state index in [1.165, 1.54) is 12.1 Å². The molecule has 2 fully saturated rings. The van der Waals surface area contributed by atoms with Crippen molar-refractivity contribution in [2.75, 3.05) is 32.9 Å². The first-order valence-corrected chi connectivity index (χ1v) is 8.29. The third-order valence-electron chi connectivity index (χ3n) is 4.61. The Morgan fingerprint density at radius 3 is 2.91 bits per heavy atom. The van der Waals surface area contributed by atoms with Gasteiger partial charge in [-0.05, 0) is 38.2 Å². The van der Waals surface area contributed by atoms with Crippen LogP contribution in [-0.2, 0) is 14.3 Å². The second-order valence-corrected chi connectivity index (χ2v) is 6.17. The van der Waals surface area contributed by atoms with Crippen LogP contribution in [-0.4, -0.2) is 60.0 Å². The van der Waals surface area contributed by atoms with Gasteiger partial charge in [-0.2, -0.15) is 5.10 Å². The predicted octanol–water partition coefficient (Wildman–Crippen LogP) is 1.70. The molecule has 1 unspecified atom stereocenters. The number of aromatic nitrogens is 2. The molecule has 122 valence electrons. The highest BCUT2D eigenvalue weighted by molar-refractivity contribution is 5.77. The van der Waals surface area contributed by atoms with Crippen molar-refractivity contribution in [3.05, 3.63) is 18.0 Å². The smallest absolute Gasteiger partial charge is 0.248 e. The molecule has 1 aromatic heterocycles. The fraction of sp³-hybridized carbons (Fsp3) is 0.750. The van der Waals surface area contributed by atoms with Crippen molar-refractivity contribution >= 4 is 5.91 Å². The molecule has 1 atom stereocenters. The van der Waals surface area contributed by atoms with Gasteiger partial charge in [0.15, 0.2) is 0 Å². The maximum absolute atomic E-state index is 12.2. The molecule has 6 heteroatoms. The fourth-order valence-corrected chi connectivity index (χ4v) is 3.24. The minimum Gasteiger partial charge on any atom is -0.376 e. The van der Waals surface area contributed by atoms with Gasteiger partial charge in [-0.3, -0.25) is 9.89 Å². The number of rotatable bonds is 5. The Morgan fingerprint density at radius 1 is 1.36 bits per heavy atom. The largest absolute Gasteiger partial charge is 0.376 e. The summed E-state index contributed by atoms with van der Waals surface area (Å²) in [5, 5.41) is 7.03. The molecule has 2 aliphatic heterocycles. The first-order valence-electron chi connectivity index (χ1n) is 8.29. The average Bonchev–Trinajstić information content (AvgIpc) is 3.10. The molecule has 1 aromatic rings. The van der Waals surface area contributed by atoms with E-state index in [9.17, 15) is 4.79 Å². The molecule has 22 heavy (non-hydrogen) atoms. The third kappa shape index (κ3) is 4.08. The zero-order valence-corrected chi connectivity index (χ0v) is 13.0. The van der Waals surface area contributed by atoms with Crippen LogP contribution in [0.5, 0.6) is 0 Å². The summed E-state index contributed by atoms with van der Waals surface area (Å²) >= 11 is 0. The average molecular weight is 307 g/mol. The lowest BCUT2D eigenvalue weighted by molar-refractivity contribution is -0.139. The van der Waals surface area contributed by atoms with Crippen LogP contribution in [0.3, 0.4) is 0 Å². The van der Waals surface area contributed by atoms with E-state index >= 15 is 0 Å². The van der Waals surface area contributed by atoms with Gasteiger partial charge in [0.25, 0.3) is 0 Å². The Hall–Kier alpha value is -1.40. The van der Waals surface area contributed by atoms with Crippen LogP contribution in [0, 0.1) is 0 Å². The maximum atomic E-state index is 12.2. The molecular formula is C16H25N3O3. The van der Waals surface area contributed by atoms with Crippen LogP contribution in [0.15, 0.2) is 12.3 Å². The molecule has 0 spiro atoms. The topological polar surface area (TPSA) is 67.5 Å². The van der Waals surface area contributed by atoms with E-state index in [0.717, 1.165) is 45.4 Å². The summed E-state index contributed by atoms with van der Waals surface area (Å²) in [7, 11) is 0. The Morgan fingerprint density at radius 2 is 2.23 bits per heavy atom. The Kier molecular flexibility index (Phi) is 5.45. The molecule has 0 saturated carbocycles. The summed E-state index contributed by atoms with van der Waals surface area (Å²) in [4.78, 5) is 14.1. The Labute approximate surface area is 131 Å². The van der Waals surface area contributed by atoms with Gasteiger partial charge in [-0.25, -0.2) is 0 Å². The molecule has 1 N–H and O–H groups in total. The van der Waals surface area contributed by atoms with Gasteiger partial charge >= 0.3 is 0 Å². The van der Waals surface area contributed by atoms with Crippen LogP contribution >= 0.6 is 0 Å². The van der Waals surface area contributed by atoms with E-state index in [4.69, 9.17) is 9.47 Å². The molecule has 1 amide bonds. The number of carbonyl (C=O) groups is 1. The number of amides is 1. The number of likely N-dealkylation sites (tertiary alicyclic amines) is 1. The van der Waals surface area contributed by atoms with Crippen molar-refractivity contribution in [2.45, 2.75) is 44.1 Å². The van der Waals surface area contributed by atoms with E-state index in [1.807, 2.05) is 11.0 Å². The molecule has 0 radical (unpaired) electrons. The minimum absolute atomic E-state index is 0.0962. The Bertz CT molecular complexity index is 449. The lowest BCUT2D eigenvalue weighted by atomic mass is 9.94. The van der Waals surface area contributed by atoms with Crippen LogP contribution < -0.4 is 0 Å². The molecule has 0 aromatic carbocycles. The first-order chi connectivity index (χ1) is 10.8. The van der Waals surface area contributed by atoms with E-state index in [0.29, 0.717) is 12.5 Å². The number of piperidine rings is 1. The van der Waals surface area contributed by atoms with Crippen molar-refractivity contribution in [3.63, 3.8) is 0 Å². The lowest BCUT2D eigenvalue weighted by Gasteiger charge is -2.31. The monoisotopic (exact) mass is 307 g/mol. The van der Waals surface area contributed by atoms with Gasteiger partial charge in [0.05, 0.1) is 12.7 Å². The summed E-state index contributed by atoms with van der Waals surface area (Å²) < 4.78 is 11.2. The van der Waals surface area contributed by atoms with Gasteiger partial charge in [-0.1, -0.05) is 0 Å². The number of nitrogens with one attached hydrogen (secondary N) is 1. The van der Waals surface area contributed by atoms with Crippen LogP contribution in [0.25, 0.3) is 0 Å². The van der Waals surface area contributed by atoms with Crippen LogP contribution in [0.1, 0.15) is 43.7 Å². The zero-order valence-electron chi connectivity index (χ0n) is 13.0. The molecule has 3 heterocycles. The van der Waals surface area contributed by atoms with Crippen LogP contribution in [0.4, 0.5) is 0 Å². The molecular weight excluding hydrogens is 282 g/mol. The van der Waals surface area contributed by atoms with Crippen LogP contribution in [0.2, 0.25) is 0 Å². The highest BCUT2D eigenvalue weighted by Gasteiger charge is 2.24. The van der Waals surface area contributed by atoms with Crippen molar-refractivity contribution in [1.82, 2.24) is 15.1 Å². The fourth-order valence-electron chi connectivity index (χ4n) is 3.24. The third-order valence-corrected chi connectivity index (χ3v) is 4.61. The number of aromatic amines is 1. The SMILES string of the molecule is O=C(COCC1CCCCO1)N1CCC(c2ccn[nH]2)CC1. The van der Waals surface area contributed by atoms with Gasteiger partial charge in [0.2, 0.25) is 5.91 Å². The minimum atomic E-state index is 0.0962. The molecule has 3 rings (SSSR count). The van der Waals surface area contributed by atoms with Gasteiger partial charge < -0.3 is 14.4 Å². The van der Waals surface area contributed by atoms with Crippen molar-refractivity contribution in [3.8, 4) is 0 Å². The van der Waals surface area contributed by atoms with Gasteiger partial charge in [-0.15, -0.1) is 0 Å². The normalized spacial score (nSPS) is 23.6. The number of hydrogen-bond donors (Lipinski definition) is 1. The van der Waals surface area contributed by atoms with Crippen molar-refractivity contribution < 1.29 is 14.3 Å². The molecule has 2 saturated heterocycles. The van der Waals surface area contributed by atoms with E-state index in [1.54, 1.807) is 6.20 Å². The van der Waals surface area contributed by atoms with E-state index in [-0.39, 0.29) is 18.6 Å². The summed E-state index contributed by atoms with van der Waals surface area (Å²) in [5.41, 5.74) is 1.18. The standard InChI is InChI=1S/C16H25N3O3/c20-16(12-21-11-14-3-1-2-10-22-14)19-8-5-13(6-9-19)15-4-7-17-18-15/h4,7,13-14H,1-3,5-6,8-12H2,(H,17,18). The van der Waals surface area contributed by atoms with Crippen molar-refractivity contribution in [1.29, 1.82) is 0 Å². The first kappa shape index (κ1) is 15.5. The van der Waals surface area contributed by atoms with E-state index in [2.05, 4.69) is 10.2 Å². The second-order valence-electron chi connectivity index (χ2n) is 6.17. The summed E-state index contributed by atoms with van der Waals surface area (Å²) in [6.45, 7) is 3.13. The predicted molar refractivity (Wildman–Crippen MR) is 81.6 cm³/mol. The molecule has 6 nitrogen and oxygen atoms in total. The highest BCUT2D eigenvalue weighted by Crippen LogP contribution is 2.26. The maximum Gasteiger partial charge on any atom is 0.248 e. The number of nitrogens with zero attached hydrogens (tertiary/aromatic N) is 2. The zero-order chi connectivity index (χ0) is 15.2. The lowest BCUT2D eigenvalue weighted by Crippen LogP contribution is -2.40. The van der Waals surface area contributed by atoms with E-state index < -0.39 is 0 Å². The molecule has 0 bridgehead atoms. The van der Waals surface area contributed by atoms with Crippen molar-refractivity contribution in [2.24, 2.45) is 0 Å². The molecule has 0 aliphatic carbocycles. The summed E-state index contributed by atoms with van der Waals surface area (Å²) in [6, 6.07) is 2.02. The summed E-state index contributed by atoms with van der Waals surface area (Å²) in [5.74, 6) is 0.585. The highest BCUT2D eigenvalue weighted by atomic mass is 16.5. The summed E-state index contributed by atoms with van der Waals surface area (Å²) in [6.07, 6.45) is 7.31. The van der Waals surface area contributed by atoms with Gasteiger partial charge in [0, 0.05) is 37.5 Å². The quantitative estimate of drug-likeness (QED) is 0.899. The number of carbonyl (C=O) groups excluding carboxylic acids is 1. The second kappa shape index (κ2) is 7.74. The Balaban J connectivity index is 1.35. The number of hydrogen-bond acceptors (Lipinski definition) is 4. The number of H-pyrrole nitrogens is 1.